The van der Waals surface area contributed by atoms with Crippen molar-refractivity contribution in [2.75, 3.05) is 11.9 Å². The van der Waals surface area contributed by atoms with Crippen LogP contribution in [-0.4, -0.2) is 33.8 Å². The number of pyridine rings is 1. The summed E-state index contributed by atoms with van der Waals surface area (Å²) in [7, 11) is 0. The minimum Gasteiger partial charge on any atom is -0.379 e. The number of aromatic nitrogens is 3. The SMILES string of the molecule is O=c1[nH]c2ccc(F)cc2c(N[C@H]2CCC=NC2)c1-c1nc2ccccc2[nH]1. The Balaban J connectivity index is 1.76. The third-order valence-electron chi connectivity index (χ3n) is 5.05. The molecule has 6 nitrogen and oxygen atoms in total. The van der Waals surface area contributed by atoms with Gasteiger partial charge in [-0.2, -0.15) is 0 Å². The van der Waals surface area contributed by atoms with Crippen molar-refractivity contribution in [2.45, 2.75) is 18.9 Å². The number of halogens is 1. The number of imidazole rings is 1. The van der Waals surface area contributed by atoms with Crippen molar-refractivity contribution in [3.05, 3.63) is 58.6 Å². The average Bonchev–Trinajstić information content (AvgIpc) is 3.13. The lowest BCUT2D eigenvalue weighted by atomic mass is 10.0. The molecule has 0 saturated heterocycles. The number of aliphatic imine (C=N–C) groups is 1. The molecule has 5 rings (SSSR count). The highest BCUT2D eigenvalue weighted by Gasteiger charge is 2.21. The first kappa shape index (κ1) is 16.7. The van der Waals surface area contributed by atoms with Crippen LogP contribution in [-0.2, 0) is 0 Å². The molecule has 1 aliphatic heterocycles. The summed E-state index contributed by atoms with van der Waals surface area (Å²) in [6.07, 6.45) is 3.67. The Morgan fingerprint density at radius 2 is 2.00 bits per heavy atom. The fourth-order valence-corrected chi connectivity index (χ4v) is 3.69. The lowest BCUT2D eigenvalue weighted by Gasteiger charge is -2.22. The second-order valence-corrected chi connectivity index (χ2v) is 6.96. The molecule has 0 unspecified atom stereocenters. The molecule has 3 N–H and O–H groups in total. The first-order chi connectivity index (χ1) is 13.7. The highest BCUT2D eigenvalue weighted by atomic mass is 19.1. The molecule has 0 saturated carbocycles. The summed E-state index contributed by atoms with van der Waals surface area (Å²) in [4.78, 5) is 28.0. The summed E-state index contributed by atoms with van der Waals surface area (Å²) in [5, 5.41) is 4.06. The van der Waals surface area contributed by atoms with E-state index in [1.165, 1.54) is 12.1 Å². The zero-order chi connectivity index (χ0) is 19.1. The number of anilines is 1. The quantitative estimate of drug-likeness (QED) is 0.508. The van der Waals surface area contributed by atoms with Gasteiger partial charge in [-0.1, -0.05) is 12.1 Å². The molecule has 2 aromatic heterocycles. The molecular weight excluding hydrogens is 357 g/mol. The fourth-order valence-electron chi connectivity index (χ4n) is 3.69. The molecule has 3 heterocycles. The smallest absolute Gasteiger partial charge is 0.261 e. The number of rotatable bonds is 3. The van der Waals surface area contributed by atoms with Gasteiger partial charge in [-0.15, -0.1) is 0 Å². The van der Waals surface area contributed by atoms with E-state index in [1.54, 1.807) is 6.07 Å². The summed E-state index contributed by atoms with van der Waals surface area (Å²) >= 11 is 0. The van der Waals surface area contributed by atoms with E-state index in [4.69, 9.17) is 0 Å². The molecule has 1 atom stereocenters. The van der Waals surface area contributed by atoms with Crippen LogP contribution in [0, 0.1) is 5.82 Å². The van der Waals surface area contributed by atoms with Gasteiger partial charge in [0.1, 0.15) is 17.2 Å². The summed E-state index contributed by atoms with van der Waals surface area (Å²) in [6, 6.07) is 12.0. The van der Waals surface area contributed by atoms with E-state index >= 15 is 0 Å². The third-order valence-corrected chi connectivity index (χ3v) is 5.05. The van der Waals surface area contributed by atoms with Gasteiger partial charge in [-0.3, -0.25) is 9.79 Å². The Bertz CT molecular complexity index is 1240. The number of hydrogen-bond acceptors (Lipinski definition) is 4. The molecule has 0 aliphatic carbocycles. The van der Waals surface area contributed by atoms with E-state index < -0.39 is 0 Å². The normalized spacial score (nSPS) is 16.7. The Morgan fingerprint density at radius 1 is 1.11 bits per heavy atom. The molecule has 1 aliphatic rings. The largest absolute Gasteiger partial charge is 0.379 e. The lowest BCUT2D eigenvalue weighted by Crippen LogP contribution is -2.27. The molecule has 140 valence electrons. The van der Waals surface area contributed by atoms with Crippen molar-refractivity contribution in [1.82, 2.24) is 15.0 Å². The molecule has 0 bridgehead atoms. The highest BCUT2D eigenvalue weighted by Crippen LogP contribution is 2.32. The molecule has 4 aromatic rings. The first-order valence-electron chi connectivity index (χ1n) is 9.24. The summed E-state index contributed by atoms with van der Waals surface area (Å²) in [6.45, 7) is 0.614. The van der Waals surface area contributed by atoms with Gasteiger partial charge < -0.3 is 15.3 Å². The number of aromatic amines is 2. The number of nitrogens with one attached hydrogen (secondary N) is 3. The fraction of sp³-hybridized carbons (Fsp3) is 0.190. The van der Waals surface area contributed by atoms with E-state index in [2.05, 4.69) is 25.3 Å². The molecule has 0 amide bonds. The number of hydrogen-bond donors (Lipinski definition) is 3. The van der Waals surface area contributed by atoms with Crippen molar-refractivity contribution < 1.29 is 4.39 Å². The van der Waals surface area contributed by atoms with E-state index in [9.17, 15) is 9.18 Å². The summed E-state index contributed by atoms with van der Waals surface area (Å²) in [5.74, 6) is 0.0928. The van der Waals surface area contributed by atoms with Gasteiger partial charge in [-0.25, -0.2) is 9.37 Å². The molecule has 28 heavy (non-hydrogen) atoms. The Kier molecular flexibility index (Phi) is 3.93. The van der Waals surface area contributed by atoms with Gasteiger partial charge in [0.25, 0.3) is 5.56 Å². The van der Waals surface area contributed by atoms with Crippen LogP contribution in [0.3, 0.4) is 0 Å². The Morgan fingerprint density at radius 3 is 2.82 bits per heavy atom. The monoisotopic (exact) mass is 375 g/mol. The minimum absolute atomic E-state index is 0.0707. The Hall–Kier alpha value is -3.48. The second kappa shape index (κ2) is 6.60. The minimum atomic E-state index is -0.361. The zero-order valence-corrected chi connectivity index (χ0v) is 15.0. The lowest BCUT2D eigenvalue weighted by molar-refractivity contribution is 0.629. The van der Waals surface area contributed by atoms with E-state index in [1.807, 2.05) is 30.5 Å². The van der Waals surface area contributed by atoms with Crippen molar-refractivity contribution in [2.24, 2.45) is 4.99 Å². The zero-order valence-electron chi connectivity index (χ0n) is 15.0. The topological polar surface area (TPSA) is 85.9 Å². The molecule has 0 spiro atoms. The maximum Gasteiger partial charge on any atom is 0.261 e. The molecule has 2 aromatic carbocycles. The van der Waals surface area contributed by atoms with E-state index in [0.29, 0.717) is 34.5 Å². The van der Waals surface area contributed by atoms with Crippen molar-refractivity contribution in [3.8, 4) is 11.4 Å². The van der Waals surface area contributed by atoms with Gasteiger partial charge in [0.2, 0.25) is 0 Å². The van der Waals surface area contributed by atoms with Crippen molar-refractivity contribution in [1.29, 1.82) is 0 Å². The first-order valence-corrected chi connectivity index (χ1v) is 9.24. The highest BCUT2D eigenvalue weighted by molar-refractivity contribution is 5.99. The average molecular weight is 375 g/mol. The predicted octanol–water partition coefficient (Wildman–Crippen LogP) is 3.86. The van der Waals surface area contributed by atoms with Gasteiger partial charge in [0.05, 0.1) is 28.8 Å². The van der Waals surface area contributed by atoms with E-state index in [0.717, 1.165) is 23.9 Å². The van der Waals surface area contributed by atoms with Crippen LogP contribution in [0.4, 0.5) is 10.1 Å². The number of H-pyrrole nitrogens is 2. The van der Waals surface area contributed by atoms with Crippen LogP contribution in [0.15, 0.2) is 52.3 Å². The standard InChI is InChI=1S/C21H18FN5O/c22-12-7-8-15-14(10-12)19(24-13-4-3-9-23-11-13)18(21(28)27-15)20-25-16-5-1-2-6-17(16)26-20/h1-2,5-10,13H,3-4,11H2,(H,25,26)(H2,24,27,28)/t13-/m0/s1. The third kappa shape index (κ3) is 2.85. The second-order valence-electron chi connectivity index (χ2n) is 6.96. The molecule has 0 fully saturated rings. The van der Waals surface area contributed by atoms with E-state index in [-0.39, 0.29) is 17.4 Å². The number of benzene rings is 2. The van der Waals surface area contributed by atoms with Gasteiger partial charge in [-0.05, 0) is 49.4 Å². The number of fused-ring (bicyclic) bond motifs is 2. The maximum absolute atomic E-state index is 14.0. The number of para-hydroxylation sites is 2. The predicted molar refractivity (Wildman–Crippen MR) is 110 cm³/mol. The molecule has 0 radical (unpaired) electrons. The van der Waals surface area contributed by atoms with Crippen LogP contribution < -0.4 is 10.9 Å². The van der Waals surface area contributed by atoms with Gasteiger partial charge >= 0.3 is 0 Å². The summed E-state index contributed by atoms with van der Waals surface area (Å²) < 4.78 is 14.0. The van der Waals surface area contributed by atoms with Crippen LogP contribution in [0.2, 0.25) is 0 Å². The van der Waals surface area contributed by atoms with Gasteiger partial charge in [0, 0.05) is 11.4 Å². The van der Waals surface area contributed by atoms with Crippen LogP contribution >= 0.6 is 0 Å². The molecular formula is C21H18FN5O. The van der Waals surface area contributed by atoms with Crippen LogP contribution in [0.5, 0.6) is 0 Å². The number of nitrogens with zero attached hydrogens (tertiary/aromatic N) is 2. The van der Waals surface area contributed by atoms with Crippen molar-refractivity contribution >= 4 is 33.8 Å². The Labute approximate surface area is 159 Å². The van der Waals surface area contributed by atoms with Crippen LogP contribution in [0.25, 0.3) is 33.3 Å². The molecule has 7 heteroatoms. The van der Waals surface area contributed by atoms with Crippen LogP contribution in [0.1, 0.15) is 12.8 Å². The maximum atomic E-state index is 14.0. The van der Waals surface area contributed by atoms with Gasteiger partial charge in [0.15, 0.2) is 0 Å². The van der Waals surface area contributed by atoms with Crippen molar-refractivity contribution in [3.63, 3.8) is 0 Å². The summed E-state index contributed by atoms with van der Waals surface area (Å²) in [5.41, 5.74) is 2.87.